The van der Waals surface area contributed by atoms with Crippen LogP contribution in [0.25, 0.3) is 0 Å². The van der Waals surface area contributed by atoms with Gasteiger partial charge in [-0.3, -0.25) is 4.89 Å². The highest BCUT2D eigenvalue weighted by Crippen LogP contribution is 2.15. The first-order chi connectivity index (χ1) is 7.00. The molecule has 0 radical (unpaired) electrons. The zero-order valence-corrected chi connectivity index (χ0v) is 9.32. The van der Waals surface area contributed by atoms with E-state index >= 15 is 0 Å². The van der Waals surface area contributed by atoms with Crippen LogP contribution in [0.15, 0.2) is 30.3 Å². The molecule has 82 valence electrons. The lowest BCUT2D eigenvalue weighted by atomic mass is 9.98. The summed E-state index contributed by atoms with van der Waals surface area (Å²) < 4.78 is 0. The average Bonchev–Trinajstić information content (AvgIpc) is 2.18. The van der Waals surface area contributed by atoms with Gasteiger partial charge in [0.05, 0.1) is 5.41 Å². The Kier molecular flexibility index (Phi) is 3.86. The first-order valence-electron chi connectivity index (χ1n) is 4.88. The van der Waals surface area contributed by atoms with Crippen LogP contribution in [0.4, 0.5) is 0 Å². The molecule has 0 atom stereocenters. The molecule has 0 fully saturated rings. The summed E-state index contributed by atoms with van der Waals surface area (Å²) >= 11 is 0. The molecule has 1 rings (SSSR count). The van der Waals surface area contributed by atoms with Crippen molar-refractivity contribution in [2.75, 3.05) is 0 Å². The third-order valence-electron chi connectivity index (χ3n) is 1.82. The molecule has 0 spiro atoms. The van der Waals surface area contributed by atoms with E-state index in [1.165, 1.54) is 0 Å². The van der Waals surface area contributed by atoms with Gasteiger partial charge in [-0.1, -0.05) is 30.3 Å². The number of hydrogen-bond donors (Lipinski definition) is 0. The second-order valence-corrected chi connectivity index (χ2v) is 4.37. The molecule has 0 aliphatic heterocycles. The molecule has 0 unspecified atom stereocenters. The highest BCUT2D eigenvalue weighted by atomic mass is 17.2. The molecule has 3 heteroatoms. The van der Waals surface area contributed by atoms with Gasteiger partial charge in [0.25, 0.3) is 0 Å². The fourth-order valence-electron chi connectivity index (χ4n) is 0.850. The number of carbonyl (C=O) groups is 1. The number of hydrogen-bond acceptors (Lipinski definition) is 3. The van der Waals surface area contributed by atoms with Crippen molar-refractivity contribution in [3.8, 4) is 0 Å². The maximum atomic E-state index is 11.3. The van der Waals surface area contributed by atoms with Gasteiger partial charge in [0.2, 0.25) is 0 Å². The van der Waals surface area contributed by atoms with Crippen LogP contribution in [0.5, 0.6) is 0 Å². The highest BCUT2D eigenvalue weighted by molar-refractivity contribution is 5.74. The van der Waals surface area contributed by atoms with Crippen molar-refractivity contribution in [3.63, 3.8) is 0 Å². The molecule has 0 saturated heterocycles. The predicted molar refractivity (Wildman–Crippen MR) is 56.8 cm³/mol. The van der Waals surface area contributed by atoms with Crippen molar-refractivity contribution in [2.45, 2.75) is 27.4 Å². The molecule has 0 heterocycles. The normalized spacial score (nSPS) is 11.1. The summed E-state index contributed by atoms with van der Waals surface area (Å²) in [4.78, 5) is 20.8. The Morgan fingerprint density at radius 3 is 2.33 bits per heavy atom. The minimum Gasteiger partial charge on any atom is -0.297 e. The average molecular weight is 208 g/mol. The minimum atomic E-state index is -0.531. The quantitative estimate of drug-likeness (QED) is 0.566. The Morgan fingerprint density at radius 1 is 1.20 bits per heavy atom. The van der Waals surface area contributed by atoms with Crippen LogP contribution in [-0.2, 0) is 21.2 Å². The Balaban J connectivity index is 2.32. The molecule has 3 nitrogen and oxygen atoms in total. The van der Waals surface area contributed by atoms with Gasteiger partial charge in [-0.15, -0.1) is 0 Å². The molecule has 1 aromatic carbocycles. The fourth-order valence-corrected chi connectivity index (χ4v) is 0.850. The molecule has 0 aliphatic rings. The predicted octanol–water partition coefficient (Wildman–Crippen LogP) is 2.71. The van der Waals surface area contributed by atoms with Crippen molar-refractivity contribution >= 4 is 5.97 Å². The molecular formula is C12H16O3. The third kappa shape index (κ3) is 4.13. The van der Waals surface area contributed by atoms with Gasteiger partial charge >= 0.3 is 5.97 Å². The van der Waals surface area contributed by atoms with E-state index in [2.05, 4.69) is 4.89 Å². The summed E-state index contributed by atoms with van der Waals surface area (Å²) in [5.74, 6) is -0.363. The smallest absolute Gasteiger partial charge is 0.297 e. The highest BCUT2D eigenvalue weighted by Gasteiger charge is 2.24. The maximum Gasteiger partial charge on any atom is 0.347 e. The van der Waals surface area contributed by atoms with E-state index in [0.717, 1.165) is 5.56 Å². The lowest BCUT2D eigenvalue weighted by Gasteiger charge is -2.14. The Hall–Kier alpha value is -1.35. The van der Waals surface area contributed by atoms with Crippen molar-refractivity contribution in [3.05, 3.63) is 35.9 Å². The van der Waals surface area contributed by atoms with Crippen molar-refractivity contribution in [2.24, 2.45) is 5.41 Å². The summed E-state index contributed by atoms with van der Waals surface area (Å²) in [5.41, 5.74) is 0.440. The molecule has 0 amide bonds. The van der Waals surface area contributed by atoms with Crippen LogP contribution in [0.3, 0.4) is 0 Å². The van der Waals surface area contributed by atoms with Crippen molar-refractivity contribution in [1.29, 1.82) is 0 Å². The van der Waals surface area contributed by atoms with Gasteiger partial charge in [-0.25, -0.2) is 4.79 Å². The first kappa shape index (κ1) is 11.7. The third-order valence-corrected chi connectivity index (χ3v) is 1.82. The summed E-state index contributed by atoms with van der Waals surface area (Å²) in [7, 11) is 0. The summed E-state index contributed by atoms with van der Waals surface area (Å²) in [5, 5.41) is 0. The molecule has 0 saturated carbocycles. The Labute approximate surface area is 89.9 Å². The lowest BCUT2D eigenvalue weighted by molar-refractivity contribution is -0.286. The molecule has 0 aliphatic carbocycles. The molecule has 0 N–H and O–H groups in total. The number of benzene rings is 1. The van der Waals surface area contributed by atoms with Crippen LogP contribution >= 0.6 is 0 Å². The lowest BCUT2D eigenvalue weighted by Crippen LogP contribution is -2.22. The first-order valence-corrected chi connectivity index (χ1v) is 4.88. The monoisotopic (exact) mass is 208 g/mol. The fraction of sp³-hybridized carbons (Fsp3) is 0.417. The zero-order chi connectivity index (χ0) is 11.3. The van der Waals surface area contributed by atoms with Crippen LogP contribution in [-0.4, -0.2) is 5.97 Å². The van der Waals surface area contributed by atoms with E-state index in [0.29, 0.717) is 0 Å². The SMILES string of the molecule is CC(C)(C)C(=O)OOCc1ccccc1. The van der Waals surface area contributed by atoms with Crippen LogP contribution in [0.2, 0.25) is 0 Å². The standard InChI is InChI=1S/C12H16O3/c1-12(2,3)11(13)15-14-9-10-7-5-4-6-8-10/h4-8H,9H2,1-3H3. The van der Waals surface area contributed by atoms with Gasteiger partial charge in [0, 0.05) is 0 Å². The second kappa shape index (κ2) is 4.94. The Morgan fingerprint density at radius 2 is 1.80 bits per heavy atom. The second-order valence-electron chi connectivity index (χ2n) is 4.37. The van der Waals surface area contributed by atoms with E-state index in [1.807, 2.05) is 30.3 Å². The van der Waals surface area contributed by atoms with Crippen molar-refractivity contribution < 1.29 is 14.6 Å². The number of carbonyl (C=O) groups excluding carboxylic acids is 1. The van der Waals surface area contributed by atoms with Crippen molar-refractivity contribution in [1.82, 2.24) is 0 Å². The van der Waals surface area contributed by atoms with Gasteiger partial charge in [0.1, 0.15) is 6.61 Å². The van der Waals surface area contributed by atoms with E-state index in [4.69, 9.17) is 4.89 Å². The van der Waals surface area contributed by atoms with E-state index in [-0.39, 0.29) is 12.6 Å². The summed E-state index contributed by atoms with van der Waals surface area (Å²) in [6, 6.07) is 9.55. The zero-order valence-electron chi connectivity index (χ0n) is 9.32. The molecular weight excluding hydrogens is 192 g/mol. The van der Waals surface area contributed by atoms with Gasteiger partial charge in [-0.2, -0.15) is 4.89 Å². The van der Waals surface area contributed by atoms with E-state index < -0.39 is 5.41 Å². The summed E-state index contributed by atoms with van der Waals surface area (Å²) in [6.45, 7) is 5.62. The van der Waals surface area contributed by atoms with Crippen LogP contribution in [0, 0.1) is 5.41 Å². The minimum absolute atomic E-state index is 0.280. The summed E-state index contributed by atoms with van der Waals surface area (Å²) in [6.07, 6.45) is 0. The maximum absolute atomic E-state index is 11.3. The molecule has 1 aromatic rings. The largest absolute Gasteiger partial charge is 0.347 e. The van der Waals surface area contributed by atoms with Crippen LogP contribution in [0.1, 0.15) is 26.3 Å². The van der Waals surface area contributed by atoms with E-state index in [9.17, 15) is 4.79 Å². The van der Waals surface area contributed by atoms with Crippen LogP contribution < -0.4 is 0 Å². The topological polar surface area (TPSA) is 35.5 Å². The molecule has 0 bridgehead atoms. The van der Waals surface area contributed by atoms with Gasteiger partial charge in [-0.05, 0) is 26.3 Å². The van der Waals surface area contributed by atoms with Gasteiger partial charge < -0.3 is 0 Å². The Bertz CT molecular complexity index is 311. The van der Waals surface area contributed by atoms with E-state index in [1.54, 1.807) is 20.8 Å². The number of rotatable bonds is 3. The van der Waals surface area contributed by atoms with Gasteiger partial charge in [0.15, 0.2) is 0 Å². The molecule has 15 heavy (non-hydrogen) atoms. The molecule has 0 aromatic heterocycles.